The highest BCUT2D eigenvalue weighted by Crippen LogP contribution is 2.18. The summed E-state index contributed by atoms with van der Waals surface area (Å²) in [6.07, 6.45) is 3.26. The lowest BCUT2D eigenvalue weighted by atomic mass is 9.96. The minimum absolute atomic E-state index is 0.564. The van der Waals surface area contributed by atoms with E-state index in [-0.39, 0.29) is 0 Å². The maximum atomic E-state index is 5.89. The number of benzene rings is 2. The van der Waals surface area contributed by atoms with Gasteiger partial charge in [0.1, 0.15) is 5.75 Å². The van der Waals surface area contributed by atoms with Crippen molar-refractivity contribution < 1.29 is 9.47 Å². The van der Waals surface area contributed by atoms with E-state index < -0.39 is 0 Å². The molecule has 0 saturated carbocycles. The number of ether oxygens (including phenoxy) is 2. The van der Waals surface area contributed by atoms with E-state index in [1.807, 2.05) is 12.1 Å². The molecule has 0 aliphatic carbocycles. The van der Waals surface area contributed by atoms with Crippen LogP contribution >= 0.6 is 0 Å². The normalized spacial score (nSPS) is 12.1. The quantitative estimate of drug-likeness (QED) is 0.578. The van der Waals surface area contributed by atoms with Crippen molar-refractivity contribution in [2.45, 2.75) is 32.8 Å². The maximum Gasteiger partial charge on any atom is 0.119 e. The molecule has 136 valence electrons. The van der Waals surface area contributed by atoms with Crippen LogP contribution in [0.25, 0.3) is 0 Å². The molecule has 0 aromatic heterocycles. The molecule has 0 amide bonds. The van der Waals surface area contributed by atoms with E-state index in [0.717, 1.165) is 44.7 Å². The van der Waals surface area contributed by atoms with E-state index in [2.05, 4.69) is 54.7 Å². The van der Waals surface area contributed by atoms with Gasteiger partial charge in [0.15, 0.2) is 0 Å². The Balaban J connectivity index is 1.81. The maximum absolute atomic E-state index is 5.89. The third-order valence-corrected chi connectivity index (χ3v) is 4.30. The molecule has 2 aromatic carbocycles. The van der Waals surface area contributed by atoms with Gasteiger partial charge in [0, 0.05) is 6.61 Å². The van der Waals surface area contributed by atoms with Crippen LogP contribution in [0.5, 0.6) is 5.75 Å². The van der Waals surface area contributed by atoms with Crippen molar-refractivity contribution in [3.63, 3.8) is 0 Å². The van der Waals surface area contributed by atoms with Crippen molar-refractivity contribution in [3.8, 4) is 5.75 Å². The highest BCUT2D eigenvalue weighted by molar-refractivity contribution is 5.28. The zero-order valence-corrected chi connectivity index (χ0v) is 15.5. The number of rotatable bonds is 12. The summed E-state index contributed by atoms with van der Waals surface area (Å²) in [5, 5.41) is 3.56. The molecule has 0 spiro atoms. The molecule has 2 rings (SSSR count). The highest BCUT2D eigenvalue weighted by Gasteiger charge is 2.10. The van der Waals surface area contributed by atoms with Crippen molar-refractivity contribution in [1.29, 1.82) is 0 Å². The molecule has 1 N–H and O–H groups in total. The average Bonchev–Trinajstić information content (AvgIpc) is 2.66. The molecule has 25 heavy (non-hydrogen) atoms. The molecular weight excluding hydrogens is 310 g/mol. The summed E-state index contributed by atoms with van der Waals surface area (Å²) in [4.78, 5) is 0. The Morgan fingerprint density at radius 2 is 1.80 bits per heavy atom. The minimum atomic E-state index is 0.564. The monoisotopic (exact) mass is 341 g/mol. The zero-order valence-electron chi connectivity index (χ0n) is 15.5. The molecule has 0 aliphatic rings. The molecule has 2 aromatic rings. The molecule has 0 aliphatic heterocycles. The fraction of sp³-hybridized carbons (Fsp3) is 0.455. The van der Waals surface area contributed by atoms with Crippen LogP contribution in [0.3, 0.4) is 0 Å². The fourth-order valence-electron chi connectivity index (χ4n) is 2.91. The van der Waals surface area contributed by atoms with E-state index in [1.54, 1.807) is 7.11 Å². The molecule has 3 nitrogen and oxygen atoms in total. The molecule has 0 radical (unpaired) electrons. The van der Waals surface area contributed by atoms with Gasteiger partial charge in [-0.3, -0.25) is 0 Å². The van der Waals surface area contributed by atoms with E-state index in [1.165, 1.54) is 11.1 Å². The largest absolute Gasteiger partial charge is 0.497 e. The second kappa shape index (κ2) is 11.7. The molecule has 1 atom stereocenters. The standard InChI is InChI=1S/C22H31NO2/c1-3-13-23-17-21(15-20-10-7-11-22(16-20)24-2)12-14-25-18-19-8-5-4-6-9-19/h4-11,16,21,23H,3,12-15,17-18H2,1-2H3. The molecule has 1 unspecified atom stereocenters. The first-order valence-electron chi connectivity index (χ1n) is 9.27. The first-order valence-corrected chi connectivity index (χ1v) is 9.27. The molecule has 0 saturated heterocycles. The third-order valence-electron chi connectivity index (χ3n) is 4.30. The summed E-state index contributed by atoms with van der Waals surface area (Å²) in [6.45, 7) is 5.78. The predicted octanol–water partition coefficient (Wildman–Crippen LogP) is 4.46. The number of methoxy groups -OCH3 is 1. The van der Waals surface area contributed by atoms with Crippen LogP contribution < -0.4 is 10.1 Å². The summed E-state index contributed by atoms with van der Waals surface area (Å²) >= 11 is 0. The summed E-state index contributed by atoms with van der Waals surface area (Å²) in [5.74, 6) is 1.49. The summed E-state index contributed by atoms with van der Waals surface area (Å²) in [5.41, 5.74) is 2.56. The third kappa shape index (κ3) is 7.72. The highest BCUT2D eigenvalue weighted by atomic mass is 16.5. The van der Waals surface area contributed by atoms with Gasteiger partial charge >= 0.3 is 0 Å². The van der Waals surface area contributed by atoms with Gasteiger partial charge in [-0.2, -0.15) is 0 Å². The Bertz CT molecular complexity index is 586. The van der Waals surface area contributed by atoms with Crippen LogP contribution in [-0.2, 0) is 17.8 Å². The molecule has 0 bridgehead atoms. The number of hydrogen-bond donors (Lipinski definition) is 1. The second-order valence-electron chi connectivity index (χ2n) is 6.45. The molecule has 0 heterocycles. The Labute approximate surface area is 152 Å². The SMILES string of the molecule is CCCNCC(CCOCc1ccccc1)Cc1cccc(OC)c1. The van der Waals surface area contributed by atoms with Crippen molar-refractivity contribution in [1.82, 2.24) is 5.32 Å². The molecule has 0 fully saturated rings. The molecular formula is C22H31NO2. The predicted molar refractivity (Wildman–Crippen MR) is 104 cm³/mol. The Morgan fingerprint density at radius 3 is 2.56 bits per heavy atom. The topological polar surface area (TPSA) is 30.5 Å². The lowest BCUT2D eigenvalue weighted by Crippen LogP contribution is -2.26. The van der Waals surface area contributed by atoms with E-state index in [9.17, 15) is 0 Å². The smallest absolute Gasteiger partial charge is 0.119 e. The van der Waals surface area contributed by atoms with Crippen LogP contribution in [-0.4, -0.2) is 26.8 Å². The fourth-order valence-corrected chi connectivity index (χ4v) is 2.91. The van der Waals surface area contributed by atoms with Crippen LogP contribution in [0.15, 0.2) is 54.6 Å². The summed E-state index contributed by atoms with van der Waals surface area (Å²) in [7, 11) is 1.72. The van der Waals surface area contributed by atoms with Gasteiger partial charge in [-0.15, -0.1) is 0 Å². The lowest BCUT2D eigenvalue weighted by Gasteiger charge is -2.18. The molecule has 3 heteroatoms. The van der Waals surface area contributed by atoms with Gasteiger partial charge in [0.05, 0.1) is 13.7 Å². The Kier molecular flexibility index (Phi) is 9.09. The van der Waals surface area contributed by atoms with Crippen molar-refractivity contribution >= 4 is 0 Å². The van der Waals surface area contributed by atoms with E-state index in [4.69, 9.17) is 9.47 Å². The van der Waals surface area contributed by atoms with Gasteiger partial charge in [0.2, 0.25) is 0 Å². The first-order chi connectivity index (χ1) is 12.3. The number of nitrogens with one attached hydrogen (secondary N) is 1. The van der Waals surface area contributed by atoms with Gasteiger partial charge in [-0.1, -0.05) is 49.4 Å². The van der Waals surface area contributed by atoms with Crippen LogP contribution in [0.1, 0.15) is 30.9 Å². The van der Waals surface area contributed by atoms with Crippen molar-refractivity contribution in [2.75, 3.05) is 26.8 Å². The minimum Gasteiger partial charge on any atom is -0.497 e. The first kappa shape index (κ1) is 19.5. The van der Waals surface area contributed by atoms with Gasteiger partial charge in [-0.05, 0) is 61.5 Å². The average molecular weight is 341 g/mol. The van der Waals surface area contributed by atoms with Crippen LogP contribution in [0.4, 0.5) is 0 Å². The Hall–Kier alpha value is -1.84. The van der Waals surface area contributed by atoms with E-state index in [0.29, 0.717) is 12.5 Å². The zero-order chi connectivity index (χ0) is 17.7. The van der Waals surface area contributed by atoms with Crippen molar-refractivity contribution in [2.24, 2.45) is 5.92 Å². The van der Waals surface area contributed by atoms with Crippen molar-refractivity contribution in [3.05, 3.63) is 65.7 Å². The summed E-state index contributed by atoms with van der Waals surface area (Å²) < 4.78 is 11.2. The second-order valence-corrected chi connectivity index (χ2v) is 6.45. The summed E-state index contributed by atoms with van der Waals surface area (Å²) in [6, 6.07) is 18.7. The number of hydrogen-bond acceptors (Lipinski definition) is 3. The van der Waals surface area contributed by atoms with Crippen LogP contribution in [0, 0.1) is 5.92 Å². The Morgan fingerprint density at radius 1 is 1.00 bits per heavy atom. The van der Waals surface area contributed by atoms with Gasteiger partial charge < -0.3 is 14.8 Å². The van der Waals surface area contributed by atoms with Gasteiger partial charge in [0.25, 0.3) is 0 Å². The van der Waals surface area contributed by atoms with Crippen LogP contribution in [0.2, 0.25) is 0 Å². The lowest BCUT2D eigenvalue weighted by molar-refractivity contribution is 0.107. The van der Waals surface area contributed by atoms with Gasteiger partial charge in [-0.25, -0.2) is 0 Å². The van der Waals surface area contributed by atoms with E-state index >= 15 is 0 Å².